The Labute approximate surface area is 165 Å². The summed E-state index contributed by atoms with van der Waals surface area (Å²) in [5.74, 6) is -0.672. The number of carbonyl (C=O) groups is 1. The Balaban J connectivity index is 1.81. The molecule has 3 rings (SSSR count). The van der Waals surface area contributed by atoms with Crippen molar-refractivity contribution < 1.29 is 26.4 Å². The molecule has 0 aromatic heterocycles. The van der Waals surface area contributed by atoms with Gasteiger partial charge in [0, 0.05) is 17.3 Å². The molecule has 1 atom stereocenters. The van der Waals surface area contributed by atoms with E-state index < -0.39 is 33.7 Å². The van der Waals surface area contributed by atoms with Crippen molar-refractivity contribution in [3.05, 3.63) is 59.1 Å². The van der Waals surface area contributed by atoms with Crippen molar-refractivity contribution in [3.8, 4) is 0 Å². The quantitative estimate of drug-likeness (QED) is 0.789. The molecule has 1 aliphatic rings. The van der Waals surface area contributed by atoms with Crippen molar-refractivity contribution in [3.63, 3.8) is 0 Å². The maximum absolute atomic E-state index is 12.9. The minimum atomic E-state index is -4.54. The molecular formula is C18H16ClF3N2O3S. The smallest absolute Gasteiger partial charge is 0.325 e. The molecule has 1 aliphatic heterocycles. The maximum Gasteiger partial charge on any atom is 0.416 e. The third-order valence-corrected chi connectivity index (χ3v) is 6.56. The van der Waals surface area contributed by atoms with Crippen molar-refractivity contribution in [2.24, 2.45) is 0 Å². The highest BCUT2D eigenvalue weighted by atomic mass is 35.5. The van der Waals surface area contributed by atoms with Gasteiger partial charge in [-0.2, -0.15) is 17.5 Å². The first kappa shape index (κ1) is 20.6. The van der Waals surface area contributed by atoms with E-state index in [0.29, 0.717) is 11.4 Å². The number of hydrogen-bond donors (Lipinski definition) is 1. The summed E-state index contributed by atoms with van der Waals surface area (Å²) in [6.07, 6.45) is -3.80. The van der Waals surface area contributed by atoms with Gasteiger partial charge in [-0.25, -0.2) is 8.42 Å². The Morgan fingerprint density at radius 2 is 1.82 bits per heavy atom. The molecule has 10 heteroatoms. The number of halogens is 4. The summed E-state index contributed by atoms with van der Waals surface area (Å²) in [6, 6.07) is 8.75. The summed E-state index contributed by atoms with van der Waals surface area (Å²) in [4.78, 5) is 12.6. The number of sulfonamides is 1. The van der Waals surface area contributed by atoms with Crippen LogP contribution in [0.5, 0.6) is 0 Å². The average molecular weight is 433 g/mol. The lowest BCUT2D eigenvalue weighted by molar-refractivity contribution is -0.137. The van der Waals surface area contributed by atoms with Gasteiger partial charge in [0.25, 0.3) is 0 Å². The van der Waals surface area contributed by atoms with Crippen molar-refractivity contribution in [1.82, 2.24) is 4.31 Å². The van der Waals surface area contributed by atoms with E-state index in [1.54, 1.807) is 0 Å². The molecule has 2 aromatic carbocycles. The van der Waals surface area contributed by atoms with Crippen LogP contribution in [-0.2, 0) is 21.0 Å². The van der Waals surface area contributed by atoms with E-state index in [9.17, 15) is 26.4 Å². The number of rotatable bonds is 4. The number of alkyl halides is 3. The molecule has 0 spiro atoms. The molecular weight excluding hydrogens is 417 g/mol. The Bertz CT molecular complexity index is 978. The number of amides is 1. The topological polar surface area (TPSA) is 66.5 Å². The summed E-state index contributed by atoms with van der Waals surface area (Å²) in [5, 5.41) is 2.77. The fourth-order valence-corrected chi connectivity index (χ4v) is 4.81. The summed E-state index contributed by atoms with van der Waals surface area (Å²) in [6.45, 7) is 0.144. The number of hydrogen-bond acceptors (Lipinski definition) is 3. The van der Waals surface area contributed by atoms with Crippen LogP contribution in [-0.4, -0.2) is 31.2 Å². The second-order valence-corrected chi connectivity index (χ2v) is 8.62. The first-order valence-electron chi connectivity index (χ1n) is 8.34. The zero-order chi connectivity index (χ0) is 20.5. The predicted octanol–water partition coefficient (Wildman–Crippen LogP) is 4.15. The fourth-order valence-electron chi connectivity index (χ4n) is 3.03. The summed E-state index contributed by atoms with van der Waals surface area (Å²) in [7, 11) is -3.94. The van der Waals surface area contributed by atoms with Crippen LogP contribution < -0.4 is 5.32 Å². The van der Waals surface area contributed by atoms with E-state index >= 15 is 0 Å². The van der Waals surface area contributed by atoms with Gasteiger partial charge in [-0.15, -0.1) is 0 Å². The molecule has 5 nitrogen and oxygen atoms in total. The number of carbonyl (C=O) groups excluding carboxylic acids is 1. The Morgan fingerprint density at radius 1 is 1.14 bits per heavy atom. The standard InChI is InChI=1S/C18H16ClF3N2O3S/c19-13-6-8-15(9-7-13)28(26,27)24-10-2-5-16(24)17(25)23-14-4-1-3-12(11-14)18(20,21)22/h1,3-4,6-9,11,16H,2,5,10H2,(H,23,25)/t16-/m1/s1. The molecule has 0 saturated carbocycles. The number of nitrogens with one attached hydrogen (secondary N) is 1. The van der Waals surface area contributed by atoms with Crippen LogP contribution in [0.15, 0.2) is 53.4 Å². The lowest BCUT2D eigenvalue weighted by atomic mass is 10.1. The molecule has 150 valence electrons. The first-order chi connectivity index (χ1) is 13.1. The normalized spacial score (nSPS) is 18.2. The van der Waals surface area contributed by atoms with Gasteiger partial charge < -0.3 is 5.32 Å². The SMILES string of the molecule is O=C(Nc1cccc(C(F)(F)F)c1)[C@H]1CCCN1S(=O)(=O)c1ccc(Cl)cc1. The van der Waals surface area contributed by atoms with E-state index in [4.69, 9.17) is 11.6 Å². The minimum absolute atomic E-state index is 0.00401. The fraction of sp³-hybridized carbons (Fsp3) is 0.278. The van der Waals surface area contributed by atoms with E-state index in [1.807, 2.05) is 0 Å². The second-order valence-electron chi connectivity index (χ2n) is 6.30. The summed E-state index contributed by atoms with van der Waals surface area (Å²) in [5.41, 5.74) is -0.946. The van der Waals surface area contributed by atoms with Crippen LogP contribution in [0.3, 0.4) is 0 Å². The van der Waals surface area contributed by atoms with Gasteiger partial charge >= 0.3 is 6.18 Å². The molecule has 1 saturated heterocycles. The van der Waals surface area contributed by atoms with Crippen molar-refractivity contribution >= 4 is 33.2 Å². The monoisotopic (exact) mass is 432 g/mol. The van der Waals surface area contributed by atoms with Crippen LogP contribution >= 0.6 is 11.6 Å². The molecule has 0 radical (unpaired) electrons. The molecule has 1 N–H and O–H groups in total. The van der Waals surface area contributed by atoms with Crippen LogP contribution in [0, 0.1) is 0 Å². The molecule has 1 amide bonds. The minimum Gasteiger partial charge on any atom is -0.325 e. The molecule has 28 heavy (non-hydrogen) atoms. The first-order valence-corrected chi connectivity index (χ1v) is 10.2. The van der Waals surface area contributed by atoms with Crippen molar-refractivity contribution in [1.29, 1.82) is 0 Å². The van der Waals surface area contributed by atoms with Crippen LogP contribution in [0.4, 0.5) is 18.9 Å². The van der Waals surface area contributed by atoms with Crippen LogP contribution in [0.2, 0.25) is 5.02 Å². The lowest BCUT2D eigenvalue weighted by Crippen LogP contribution is -2.43. The lowest BCUT2D eigenvalue weighted by Gasteiger charge is -2.23. The maximum atomic E-state index is 12.9. The molecule has 0 bridgehead atoms. The molecule has 1 fully saturated rings. The highest BCUT2D eigenvalue weighted by Gasteiger charge is 2.39. The summed E-state index contributed by atoms with van der Waals surface area (Å²) < 4.78 is 65.3. The Kier molecular flexibility index (Phi) is 5.69. The molecule has 0 unspecified atom stereocenters. The molecule has 0 aliphatic carbocycles. The van der Waals surface area contributed by atoms with Gasteiger partial charge in [0.05, 0.1) is 10.5 Å². The van der Waals surface area contributed by atoms with E-state index in [2.05, 4.69) is 5.32 Å². The second kappa shape index (κ2) is 7.73. The van der Waals surface area contributed by atoms with Gasteiger partial charge in [0.2, 0.25) is 15.9 Å². The highest BCUT2D eigenvalue weighted by Crippen LogP contribution is 2.31. The summed E-state index contributed by atoms with van der Waals surface area (Å²) >= 11 is 5.78. The van der Waals surface area contributed by atoms with E-state index in [1.165, 1.54) is 36.4 Å². The van der Waals surface area contributed by atoms with Crippen molar-refractivity contribution in [2.75, 3.05) is 11.9 Å². The number of anilines is 1. The zero-order valence-corrected chi connectivity index (χ0v) is 16.0. The van der Waals surface area contributed by atoms with Crippen LogP contribution in [0.25, 0.3) is 0 Å². The predicted molar refractivity (Wildman–Crippen MR) is 98.4 cm³/mol. The van der Waals surface area contributed by atoms with Gasteiger partial charge in [0.15, 0.2) is 0 Å². The third-order valence-electron chi connectivity index (χ3n) is 4.38. The molecule has 2 aromatic rings. The largest absolute Gasteiger partial charge is 0.416 e. The van der Waals surface area contributed by atoms with Gasteiger partial charge in [-0.05, 0) is 55.3 Å². The van der Waals surface area contributed by atoms with Gasteiger partial charge in [-0.1, -0.05) is 17.7 Å². The average Bonchev–Trinajstić information content (AvgIpc) is 3.12. The third kappa shape index (κ3) is 4.31. The molecule has 1 heterocycles. The Hall–Kier alpha value is -2.10. The van der Waals surface area contributed by atoms with Crippen LogP contribution in [0.1, 0.15) is 18.4 Å². The van der Waals surface area contributed by atoms with E-state index in [-0.39, 0.29) is 23.5 Å². The van der Waals surface area contributed by atoms with E-state index in [0.717, 1.165) is 16.4 Å². The van der Waals surface area contributed by atoms with Gasteiger partial charge in [-0.3, -0.25) is 4.79 Å². The van der Waals surface area contributed by atoms with Crippen molar-refractivity contribution in [2.45, 2.75) is 30.0 Å². The highest BCUT2D eigenvalue weighted by molar-refractivity contribution is 7.89. The van der Waals surface area contributed by atoms with Gasteiger partial charge in [0.1, 0.15) is 6.04 Å². The number of nitrogens with zero attached hydrogens (tertiary/aromatic N) is 1. The number of benzene rings is 2. The Morgan fingerprint density at radius 3 is 2.46 bits per heavy atom. The zero-order valence-electron chi connectivity index (χ0n) is 14.4.